The van der Waals surface area contributed by atoms with Gasteiger partial charge in [-0.15, -0.1) is 0 Å². The molecule has 12 heteroatoms. The van der Waals surface area contributed by atoms with Crippen molar-refractivity contribution in [2.75, 3.05) is 26.4 Å². The molecule has 4 atom stereocenters. The molecule has 0 aromatic carbocycles. The summed E-state index contributed by atoms with van der Waals surface area (Å²) in [4.78, 5) is 25.4. The number of hydrogen-bond acceptors (Lipinski definition) is 8. The van der Waals surface area contributed by atoms with Crippen LogP contribution in [0.1, 0.15) is 33.6 Å². The van der Waals surface area contributed by atoms with Gasteiger partial charge in [-0.25, -0.2) is 0 Å². The fraction of sp³-hybridized carbons (Fsp3) is 0.875. The van der Waals surface area contributed by atoms with Crippen molar-refractivity contribution in [3.63, 3.8) is 0 Å². The number of rotatable bonds is 14. The molecule has 28 heavy (non-hydrogen) atoms. The van der Waals surface area contributed by atoms with Crippen molar-refractivity contribution in [2.24, 2.45) is 15.9 Å². The highest BCUT2D eigenvalue weighted by Gasteiger charge is 2.48. The average Bonchev–Trinajstić information content (AvgIpc) is 2.62. The Morgan fingerprint density at radius 2 is 1.39 bits per heavy atom. The lowest BCUT2D eigenvalue weighted by Crippen LogP contribution is -2.51. The normalized spacial score (nSPS) is 20.0. The van der Waals surface area contributed by atoms with Crippen LogP contribution in [0.4, 0.5) is 0 Å². The van der Waals surface area contributed by atoms with Crippen LogP contribution in [-0.2, 0) is 14.3 Å². The second-order valence-electron chi connectivity index (χ2n) is 7.45. The van der Waals surface area contributed by atoms with Crippen molar-refractivity contribution >= 4 is 11.9 Å². The number of aliphatic carboxylic acids is 2. The maximum absolute atomic E-state index is 11.4. The second kappa shape index (κ2) is 10.6. The molecule has 0 aromatic rings. The number of aliphatic hydroxyl groups excluding tert-OH is 4. The lowest BCUT2D eigenvalue weighted by molar-refractivity contribution is -0.170. The molecule has 6 N–H and O–H groups in total. The maximum atomic E-state index is 11.4. The molecule has 0 aliphatic heterocycles. The third-order valence-electron chi connectivity index (χ3n) is 5.06. The van der Waals surface area contributed by atoms with Crippen LogP contribution in [0.3, 0.4) is 0 Å². The van der Waals surface area contributed by atoms with E-state index < -0.39 is 53.8 Å². The van der Waals surface area contributed by atoms with E-state index in [9.17, 15) is 40.2 Å². The van der Waals surface area contributed by atoms with Crippen molar-refractivity contribution in [1.82, 2.24) is 0 Å². The number of carbonyl (C=O) groups is 2. The molecule has 0 bridgehead atoms. The van der Waals surface area contributed by atoms with E-state index in [2.05, 4.69) is 10.0 Å². The van der Waals surface area contributed by atoms with Gasteiger partial charge in [-0.05, 0) is 26.3 Å². The predicted octanol–water partition coefficient (Wildman–Crippen LogP) is -0.260. The number of aliphatic hydroxyl groups is 4. The number of carboxylic acids is 2. The van der Waals surface area contributed by atoms with E-state index >= 15 is 0 Å². The Morgan fingerprint density at radius 1 is 1.00 bits per heavy atom. The SMILES string of the molecule is CC(CC(O)C(C)(CO)C(=O)O)(CC(O)C(C)(CO)C(=O)O)OCCN=[N+]=[N-]. The van der Waals surface area contributed by atoms with Gasteiger partial charge in [0.25, 0.3) is 0 Å². The molecule has 0 fully saturated rings. The van der Waals surface area contributed by atoms with E-state index in [1.54, 1.807) is 0 Å². The Kier molecular flexibility index (Phi) is 9.82. The zero-order valence-electron chi connectivity index (χ0n) is 16.1. The Hall–Kier alpha value is -1.95. The number of ether oxygens (including phenoxy) is 1. The lowest BCUT2D eigenvalue weighted by Gasteiger charge is -2.40. The first-order chi connectivity index (χ1) is 12.8. The molecule has 162 valence electrons. The monoisotopic (exact) mass is 407 g/mol. The van der Waals surface area contributed by atoms with Crippen molar-refractivity contribution in [3.8, 4) is 0 Å². The molecule has 0 spiro atoms. The van der Waals surface area contributed by atoms with Gasteiger partial charge in [-0.1, -0.05) is 5.11 Å². The fourth-order valence-electron chi connectivity index (χ4n) is 2.48. The van der Waals surface area contributed by atoms with E-state index in [1.165, 1.54) is 6.92 Å². The molecule has 0 radical (unpaired) electrons. The highest BCUT2D eigenvalue weighted by Crippen LogP contribution is 2.35. The van der Waals surface area contributed by atoms with E-state index in [4.69, 9.17) is 10.3 Å². The smallest absolute Gasteiger partial charge is 0.314 e. The van der Waals surface area contributed by atoms with Crippen LogP contribution in [0.25, 0.3) is 10.4 Å². The van der Waals surface area contributed by atoms with Crippen molar-refractivity contribution in [2.45, 2.75) is 51.4 Å². The number of azide groups is 1. The average molecular weight is 407 g/mol. The molecular formula is C16H29N3O9. The maximum Gasteiger partial charge on any atom is 0.314 e. The van der Waals surface area contributed by atoms with Gasteiger partial charge in [0.1, 0.15) is 10.8 Å². The van der Waals surface area contributed by atoms with Crippen LogP contribution < -0.4 is 0 Å². The first-order valence-corrected chi connectivity index (χ1v) is 8.52. The standard InChI is InChI=1S/C16H29N3O9/c1-14(28-5-4-18-19-17,6-10(22)15(2,8-20)12(24)25)7-11(23)16(3,9-21)13(26)27/h10-11,20-23H,4-9H2,1-3H3,(H,24,25)(H,26,27). The van der Waals surface area contributed by atoms with Gasteiger partial charge in [0.2, 0.25) is 0 Å². The summed E-state index contributed by atoms with van der Waals surface area (Å²) < 4.78 is 5.58. The Labute approximate surface area is 162 Å². The Morgan fingerprint density at radius 3 is 1.68 bits per heavy atom. The minimum atomic E-state index is -1.92. The highest BCUT2D eigenvalue weighted by molar-refractivity contribution is 5.75. The first-order valence-electron chi connectivity index (χ1n) is 8.52. The Balaban J connectivity index is 5.67. The molecule has 0 aliphatic carbocycles. The van der Waals surface area contributed by atoms with Gasteiger partial charge in [0, 0.05) is 24.3 Å². The van der Waals surface area contributed by atoms with E-state index in [0.717, 1.165) is 13.8 Å². The van der Waals surface area contributed by atoms with E-state index in [-0.39, 0.29) is 26.0 Å². The van der Waals surface area contributed by atoms with Gasteiger partial charge in [-0.2, -0.15) is 0 Å². The van der Waals surface area contributed by atoms with Crippen LogP contribution in [0, 0.1) is 10.8 Å². The largest absolute Gasteiger partial charge is 0.481 e. The van der Waals surface area contributed by atoms with Crippen molar-refractivity contribution in [1.29, 1.82) is 0 Å². The second-order valence-corrected chi connectivity index (χ2v) is 7.45. The molecule has 0 amide bonds. The number of nitrogens with zero attached hydrogens (tertiary/aromatic N) is 3. The molecule has 12 nitrogen and oxygen atoms in total. The van der Waals surface area contributed by atoms with Crippen molar-refractivity contribution in [3.05, 3.63) is 10.4 Å². The van der Waals surface area contributed by atoms with Gasteiger partial charge in [0.05, 0.1) is 37.6 Å². The summed E-state index contributed by atoms with van der Waals surface area (Å²) >= 11 is 0. The quantitative estimate of drug-likeness (QED) is 0.0966. The summed E-state index contributed by atoms with van der Waals surface area (Å²) in [5.74, 6) is -2.91. The zero-order valence-corrected chi connectivity index (χ0v) is 16.1. The Bertz CT molecular complexity index is 560. The van der Waals surface area contributed by atoms with Gasteiger partial charge in [-0.3, -0.25) is 9.59 Å². The van der Waals surface area contributed by atoms with Crippen LogP contribution >= 0.6 is 0 Å². The van der Waals surface area contributed by atoms with Gasteiger partial charge < -0.3 is 35.4 Å². The van der Waals surface area contributed by atoms with E-state index in [0.29, 0.717) is 0 Å². The van der Waals surface area contributed by atoms with Crippen LogP contribution in [0.5, 0.6) is 0 Å². The molecule has 0 saturated carbocycles. The topological polar surface area (TPSA) is 214 Å². The fourth-order valence-corrected chi connectivity index (χ4v) is 2.48. The van der Waals surface area contributed by atoms with Gasteiger partial charge >= 0.3 is 11.9 Å². The summed E-state index contributed by atoms with van der Waals surface area (Å²) in [6, 6.07) is 0. The lowest BCUT2D eigenvalue weighted by atomic mass is 9.74. The van der Waals surface area contributed by atoms with Gasteiger partial charge in [0.15, 0.2) is 0 Å². The summed E-state index contributed by atoms with van der Waals surface area (Å²) in [5.41, 5.74) is 3.02. The third kappa shape index (κ3) is 6.30. The van der Waals surface area contributed by atoms with Crippen LogP contribution in [-0.4, -0.2) is 86.8 Å². The predicted molar refractivity (Wildman–Crippen MR) is 95.3 cm³/mol. The molecule has 4 unspecified atom stereocenters. The highest BCUT2D eigenvalue weighted by atomic mass is 16.5. The molecule has 0 heterocycles. The summed E-state index contributed by atoms with van der Waals surface area (Å²) in [7, 11) is 0. The molecule has 0 rings (SSSR count). The number of hydrogen-bond donors (Lipinski definition) is 6. The number of carboxylic acid groups (broad SMARTS) is 2. The summed E-state index contributed by atoms with van der Waals surface area (Å²) in [5, 5.41) is 61.5. The first kappa shape index (κ1) is 26.1. The molecule has 0 aliphatic rings. The zero-order chi connectivity index (χ0) is 22.2. The molecular weight excluding hydrogens is 378 g/mol. The summed E-state index contributed by atoms with van der Waals surface area (Å²) in [6.45, 7) is 1.69. The summed E-state index contributed by atoms with van der Waals surface area (Å²) in [6.07, 6.45) is -4.00. The van der Waals surface area contributed by atoms with Crippen LogP contribution in [0.2, 0.25) is 0 Å². The minimum Gasteiger partial charge on any atom is -0.481 e. The minimum absolute atomic E-state index is 0.0926. The van der Waals surface area contributed by atoms with Crippen molar-refractivity contribution < 1.29 is 45.0 Å². The van der Waals surface area contributed by atoms with E-state index in [1.807, 2.05) is 0 Å². The van der Waals surface area contributed by atoms with Crippen LogP contribution in [0.15, 0.2) is 5.11 Å². The molecule has 0 aromatic heterocycles. The molecule has 0 saturated heterocycles. The third-order valence-corrected chi connectivity index (χ3v) is 5.06.